The third-order valence-electron chi connectivity index (χ3n) is 19.9. The van der Waals surface area contributed by atoms with Crippen LogP contribution in [0.1, 0.15) is 395 Å². The van der Waals surface area contributed by atoms with Crippen LogP contribution >= 0.6 is 15.6 Å². The summed E-state index contributed by atoms with van der Waals surface area (Å²) in [7, 11) is -9.22. The maximum absolute atomic E-state index is 9.25. The van der Waals surface area contributed by atoms with Gasteiger partial charge in [-0.15, -0.1) is 0 Å². The largest absolute Gasteiger partial charge is 0.822 e. The highest BCUT2D eigenvalue weighted by atomic mass is 31.2. The molecule has 0 aromatic carbocycles. The third-order valence-corrected chi connectivity index (χ3v) is 20.4. The Morgan fingerprint density at radius 1 is 0.188 bits per heavy atom. The normalized spacial score (nSPS) is 12.0. The molecule has 0 aliphatic rings. The molecule has 0 amide bonds. The quantitative estimate of drug-likeness (QED) is 0.0430. The zero-order valence-electron chi connectivity index (χ0n) is 69.8. The van der Waals surface area contributed by atoms with Gasteiger partial charge in [-0.25, -0.2) is 0 Å². The number of phosphoric ester groups is 1. The van der Waals surface area contributed by atoms with Crippen LogP contribution in [0, 0.1) is 0 Å². The maximum atomic E-state index is 9.25. The van der Waals surface area contributed by atoms with Crippen LogP contribution in [0.15, 0.2) is 0 Å². The molecule has 0 aliphatic heterocycles. The minimum absolute atomic E-state index is 0.820. The van der Waals surface area contributed by atoms with E-state index in [1.807, 2.05) is 0 Å². The van der Waals surface area contributed by atoms with Gasteiger partial charge in [0, 0.05) is 7.11 Å². The third kappa shape index (κ3) is 76.7. The maximum Gasteiger partial charge on any atom is 0.0786 e. The van der Waals surface area contributed by atoms with Gasteiger partial charge in [-0.1, -0.05) is 267 Å². The van der Waals surface area contributed by atoms with Crippen LogP contribution in [0.25, 0.3) is 0 Å². The van der Waals surface area contributed by atoms with Gasteiger partial charge in [-0.2, -0.15) is 7.82 Å². The molecule has 0 saturated heterocycles. The summed E-state index contributed by atoms with van der Waals surface area (Å²) < 4.78 is 28.3. The molecule has 15 heteroatoms. The Morgan fingerprint density at radius 3 is 0.271 bits per heavy atom. The van der Waals surface area contributed by atoms with Crippen LogP contribution < -0.4 is 24.5 Å². The first-order valence-electron chi connectivity index (χ1n) is 42.3. The van der Waals surface area contributed by atoms with Crippen molar-refractivity contribution in [3.63, 3.8) is 0 Å². The van der Waals surface area contributed by atoms with Gasteiger partial charge in [0.2, 0.25) is 0 Å². The van der Waals surface area contributed by atoms with E-state index in [9.17, 15) is 14.4 Å². The summed E-state index contributed by atoms with van der Waals surface area (Å²) in [5.74, 6) is 0. The Morgan fingerprint density at radius 2 is 0.240 bits per heavy atom. The second-order valence-corrected chi connectivity index (χ2v) is 31.5. The van der Waals surface area contributed by atoms with Crippen LogP contribution in [0.4, 0.5) is 0 Å². The highest BCUT2D eigenvalue weighted by Gasteiger charge is 2.29. The molecule has 96 heavy (non-hydrogen) atoms. The van der Waals surface area contributed by atoms with Crippen molar-refractivity contribution in [2.45, 2.75) is 395 Å². The van der Waals surface area contributed by atoms with Crippen molar-refractivity contribution < 1.29 is 60.5 Å². The summed E-state index contributed by atoms with van der Waals surface area (Å²) >= 11 is 0. The van der Waals surface area contributed by atoms with Crippen molar-refractivity contribution in [2.75, 3.05) is 138 Å². The van der Waals surface area contributed by atoms with E-state index < -0.39 is 15.6 Å². The number of phosphoric acid groups is 2. The van der Waals surface area contributed by atoms with E-state index in [4.69, 9.17) is 19.2 Å². The van der Waals surface area contributed by atoms with Crippen LogP contribution in [-0.2, 0) is 13.7 Å². The monoisotopic (exact) mass is 1420 g/mol. The molecule has 0 bridgehead atoms. The standard InChI is InChI=1S/5C16H36N.CH5O4P.H3O4P/c5*1-5-9-13-17(14-10-6-2,15-11-7-3)16-12-8-4;1-5-6(2,3)4;1-5(2,3)4/h5*5-16H2,1-4H3;1H3,(H2,2,3,4);(H3,1,2,3,4)/q5*+1;;/p-5. The summed E-state index contributed by atoms with van der Waals surface area (Å²) in [5, 5.41) is 0. The van der Waals surface area contributed by atoms with Gasteiger partial charge in [-0.3, -0.25) is 0 Å². The van der Waals surface area contributed by atoms with Gasteiger partial charge >= 0.3 is 0 Å². The molecule has 0 aliphatic carbocycles. The van der Waals surface area contributed by atoms with Crippen LogP contribution in [0.3, 0.4) is 0 Å². The van der Waals surface area contributed by atoms with Crippen LogP contribution in [0.2, 0.25) is 0 Å². The molecule has 0 rings (SSSR count). The van der Waals surface area contributed by atoms with Gasteiger partial charge in [0.15, 0.2) is 0 Å². The minimum Gasteiger partial charge on any atom is -0.822 e. The van der Waals surface area contributed by atoms with Crippen molar-refractivity contribution in [2.24, 2.45) is 0 Å². The van der Waals surface area contributed by atoms with Gasteiger partial charge in [0.1, 0.15) is 0 Å². The summed E-state index contributed by atoms with van der Waals surface area (Å²) in [6.45, 7) is 75.1. The molecule has 0 N–H and O–H groups in total. The van der Waals surface area contributed by atoms with E-state index in [2.05, 4.69) is 143 Å². The molecule has 0 atom stereocenters. The first-order chi connectivity index (χ1) is 45.8. The average Bonchev–Trinajstić information content (AvgIpc) is 1.08. The second-order valence-electron chi connectivity index (χ2n) is 29.3. The van der Waals surface area contributed by atoms with E-state index in [0.29, 0.717) is 0 Å². The van der Waals surface area contributed by atoms with Crippen molar-refractivity contribution in [1.29, 1.82) is 0 Å². The first-order valence-corrected chi connectivity index (χ1v) is 45.3. The number of unbranched alkanes of at least 4 members (excludes halogenated alkanes) is 20. The summed E-state index contributed by atoms with van der Waals surface area (Å²) in [6, 6.07) is 0. The fourth-order valence-corrected chi connectivity index (χ4v) is 13.2. The lowest BCUT2D eigenvalue weighted by molar-refractivity contribution is -0.929. The van der Waals surface area contributed by atoms with Crippen LogP contribution in [0.5, 0.6) is 0 Å². The molecule has 0 saturated carbocycles. The molecule has 0 radical (unpaired) electrons. The minimum atomic E-state index is -5.39. The lowest BCUT2D eigenvalue weighted by Crippen LogP contribution is -2.50. The molecule has 0 aromatic heterocycles. The van der Waals surface area contributed by atoms with E-state index >= 15 is 0 Å². The smallest absolute Gasteiger partial charge is 0.0786 e. The molecule has 0 unspecified atom stereocenters. The number of hydrogen-bond acceptors (Lipinski definition) is 8. The Labute approximate surface area is 606 Å². The van der Waals surface area contributed by atoms with Gasteiger partial charge in [0.05, 0.1) is 139 Å². The molecule has 0 fully saturated rings. The Bertz CT molecular complexity index is 1150. The molecule has 0 heterocycles. The summed E-state index contributed by atoms with van der Waals surface area (Å²) in [5.41, 5.74) is 0. The van der Waals surface area contributed by atoms with Gasteiger partial charge < -0.3 is 60.5 Å². The lowest BCUT2D eigenvalue weighted by Gasteiger charge is -2.39. The number of rotatable bonds is 61. The van der Waals surface area contributed by atoms with E-state index in [0.717, 1.165) is 7.11 Å². The highest BCUT2D eigenvalue weighted by molar-refractivity contribution is 7.43. The Balaban J connectivity index is -0.000000198. The highest BCUT2D eigenvalue weighted by Crippen LogP contribution is 2.23. The predicted molar refractivity (Wildman–Crippen MR) is 419 cm³/mol. The number of quaternary nitrogens is 5. The van der Waals surface area contributed by atoms with Gasteiger partial charge in [0.25, 0.3) is 0 Å². The van der Waals surface area contributed by atoms with Gasteiger partial charge in [-0.05, 0) is 128 Å². The van der Waals surface area contributed by atoms with Crippen molar-refractivity contribution in [1.82, 2.24) is 0 Å². The predicted octanol–water partition coefficient (Wildman–Crippen LogP) is 20.7. The SMILES string of the molecule is CCCC[N+](CCCC)(CCCC)CCCC.CCCC[N+](CCCC)(CCCC)CCCC.CCCC[N+](CCCC)(CCCC)CCCC.CCCC[N+](CCCC)(CCCC)CCCC.CCCC[N+](CCCC)(CCCC)CCCC.COP(=O)([O-])[O-].O=P([O-])([O-])[O-]. The van der Waals surface area contributed by atoms with Crippen molar-refractivity contribution in [3.8, 4) is 0 Å². The molecule has 0 spiro atoms. The fourth-order valence-electron chi connectivity index (χ4n) is 13.2. The molecule has 13 nitrogen and oxygen atoms in total. The van der Waals surface area contributed by atoms with E-state index in [1.165, 1.54) is 410 Å². The van der Waals surface area contributed by atoms with Crippen molar-refractivity contribution >= 4 is 15.6 Å². The van der Waals surface area contributed by atoms with Crippen LogP contribution in [-0.4, -0.2) is 160 Å². The second kappa shape index (κ2) is 79.1. The Hall–Kier alpha value is 0.0200. The lowest BCUT2D eigenvalue weighted by atomic mass is 10.1. The number of nitrogens with zero attached hydrogens (tertiary/aromatic N) is 5. The summed E-state index contributed by atoms with van der Waals surface area (Å²) in [4.78, 5) is 44.1. The number of hydrogen-bond donors (Lipinski definition) is 0. The average molecular weight is 1420 g/mol. The van der Waals surface area contributed by atoms with Crippen molar-refractivity contribution in [3.05, 3.63) is 0 Å². The topological polar surface area (TPSA) is 159 Å². The molecular weight excluding hydrogens is 1230 g/mol. The zero-order chi connectivity index (χ0) is 74.6. The first kappa shape index (κ1) is 109. The molecule has 0 aromatic rings. The van der Waals surface area contributed by atoms with E-state index in [1.54, 1.807) is 0 Å². The molecule has 590 valence electrons. The Kier molecular flexibility index (Phi) is 90.2. The molecular formula is C81H183N5O8P2. The van der Waals surface area contributed by atoms with E-state index in [-0.39, 0.29) is 0 Å². The zero-order valence-corrected chi connectivity index (χ0v) is 71.6. The fraction of sp³-hybridized carbons (Fsp3) is 1.00. The summed E-state index contributed by atoms with van der Waals surface area (Å²) in [6.07, 6.45) is 55.3.